The number of aryl methyl sites for hydroxylation is 1. The van der Waals surface area contributed by atoms with Gasteiger partial charge in [0, 0.05) is 19.8 Å². The van der Waals surface area contributed by atoms with Gasteiger partial charge >= 0.3 is 0 Å². The first-order chi connectivity index (χ1) is 8.28. The fourth-order valence-electron chi connectivity index (χ4n) is 2.62. The molecular weight excluding hydrogens is 212 g/mol. The average molecular weight is 236 g/mol. The average Bonchev–Trinajstić information content (AvgIpc) is 2.75. The van der Waals surface area contributed by atoms with Gasteiger partial charge < -0.3 is 10.6 Å². The Morgan fingerprint density at radius 3 is 2.76 bits per heavy atom. The van der Waals surface area contributed by atoms with Crippen LogP contribution < -0.4 is 5.73 Å². The summed E-state index contributed by atoms with van der Waals surface area (Å²) in [6.07, 6.45) is 9.06. The Balaban J connectivity index is 1.68. The van der Waals surface area contributed by atoms with E-state index in [2.05, 4.69) is 16.2 Å². The molecular formula is C13H24N4. The van der Waals surface area contributed by atoms with E-state index in [1.165, 1.54) is 44.5 Å². The van der Waals surface area contributed by atoms with Gasteiger partial charge in [0.05, 0.1) is 6.20 Å². The molecule has 0 spiro atoms. The maximum absolute atomic E-state index is 5.61. The Labute approximate surface area is 104 Å². The van der Waals surface area contributed by atoms with Crippen molar-refractivity contribution < 1.29 is 0 Å². The van der Waals surface area contributed by atoms with Crippen LogP contribution in [0.3, 0.4) is 0 Å². The van der Waals surface area contributed by atoms with Gasteiger partial charge in [-0.1, -0.05) is 0 Å². The van der Waals surface area contributed by atoms with Crippen LogP contribution in [-0.4, -0.2) is 40.9 Å². The first kappa shape index (κ1) is 12.6. The number of hydrogen-bond acceptors (Lipinski definition) is 3. The second-order valence-electron chi connectivity index (χ2n) is 5.13. The molecule has 1 fully saturated rings. The topological polar surface area (TPSA) is 47.1 Å². The van der Waals surface area contributed by atoms with E-state index in [0.717, 1.165) is 18.9 Å². The van der Waals surface area contributed by atoms with Crippen molar-refractivity contribution in [3.05, 3.63) is 18.0 Å². The molecule has 4 nitrogen and oxygen atoms in total. The fraction of sp³-hybridized carbons (Fsp3) is 0.769. The van der Waals surface area contributed by atoms with Crippen molar-refractivity contribution in [2.45, 2.75) is 25.7 Å². The van der Waals surface area contributed by atoms with Crippen molar-refractivity contribution in [2.24, 2.45) is 18.7 Å². The lowest BCUT2D eigenvalue weighted by molar-refractivity contribution is 0.182. The molecule has 1 aliphatic rings. The molecule has 0 aliphatic carbocycles. The lowest BCUT2D eigenvalue weighted by atomic mass is 9.93. The van der Waals surface area contributed by atoms with Crippen molar-refractivity contribution in [3.8, 4) is 0 Å². The van der Waals surface area contributed by atoms with Gasteiger partial charge in [-0.05, 0) is 56.8 Å². The molecule has 2 heterocycles. The zero-order chi connectivity index (χ0) is 12.1. The minimum atomic E-state index is 0.848. The first-order valence-electron chi connectivity index (χ1n) is 6.68. The number of nitrogens with zero attached hydrogens (tertiary/aromatic N) is 3. The molecule has 0 saturated carbocycles. The van der Waals surface area contributed by atoms with E-state index >= 15 is 0 Å². The third kappa shape index (κ3) is 3.82. The minimum Gasteiger partial charge on any atom is -0.330 e. The lowest BCUT2D eigenvalue weighted by Gasteiger charge is -2.31. The van der Waals surface area contributed by atoms with E-state index in [1.54, 1.807) is 0 Å². The van der Waals surface area contributed by atoms with Crippen molar-refractivity contribution in [1.82, 2.24) is 14.7 Å². The molecule has 17 heavy (non-hydrogen) atoms. The summed E-state index contributed by atoms with van der Waals surface area (Å²) in [4.78, 5) is 2.57. The Kier molecular flexibility index (Phi) is 4.57. The van der Waals surface area contributed by atoms with Crippen molar-refractivity contribution in [2.75, 3.05) is 26.2 Å². The Hall–Kier alpha value is -0.870. The van der Waals surface area contributed by atoms with Crippen LogP contribution in [0.2, 0.25) is 0 Å². The summed E-state index contributed by atoms with van der Waals surface area (Å²) < 4.78 is 1.88. The fourth-order valence-corrected chi connectivity index (χ4v) is 2.62. The van der Waals surface area contributed by atoms with Gasteiger partial charge in [0.25, 0.3) is 0 Å². The van der Waals surface area contributed by atoms with Crippen LogP contribution in [-0.2, 0) is 13.5 Å². The molecule has 0 atom stereocenters. The third-order valence-corrected chi connectivity index (χ3v) is 3.76. The Morgan fingerprint density at radius 2 is 2.18 bits per heavy atom. The molecule has 4 heteroatoms. The van der Waals surface area contributed by atoms with Gasteiger partial charge in [-0.2, -0.15) is 5.10 Å². The molecule has 1 aliphatic heterocycles. The standard InChI is InChI=1S/C13H24N4/c1-16-11-13(10-15-16)5-9-17-7-3-12(2-6-14)4-8-17/h10-12H,2-9,14H2,1H3. The van der Waals surface area contributed by atoms with Crippen LogP contribution >= 0.6 is 0 Å². The molecule has 1 aromatic rings. The van der Waals surface area contributed by atoms with E-state index in [0.29, 0.717) is 0 Å². The van der Waals surface area contributed by atoms with E-state index in [9.17, 15) is 0 Å². The molecule has 0 unspecified atom stereocenters. The predicted molar refractivity (Wildman–Crippen MR) is 69.7 cm³/mol. The predicted octanol–water partition coefficient (Wildman–Crippen LogP) is 1.02. The van der Waals surface area contributed by atoms with Crippen molar-refractivity contribution in [1.29, 1.82) is 0 Å². The van der Waals surface area contributed by atoms with Gasteiger partial charge in [-0.3, -0.25) is 4.68 Å². The van der Waals surface area contributed by atoms with E-state index in [4.69, 9.17) is 5.73 Å². The zero-order valence-corrected chi connectivity index (χ0v) is 10.8. The number of hydrogen-bond donors (Lipinski definition) is 1. The van der Waals surface area contributed by atoms with Crippen LogP contribution in [0.15, 0.2) is 12.4 Å². The van der Waals surface area contributed by atoms with Gasteiger partial charge in [-0.15, -0.1) is 0 Å². The number of nitrogens with two attached hydrogens (primary N) is 1. The Morgan fingerprint density at radius 1 is 1.41 bits per heavy atom. The van der Waals surface area contributed by atoms with Gasteiger partial charge in [0.2, 0.25) is 0 Å². The summed E-state index contributed by atoms with van der Waals surface area (Å²) in [6.45, 7) is 4.50. The van der Waals surface area contributed by atoms with Gasteiger partial charge in [-0.25, -0.2) is 0 Å². The Bertz CT molecular complexity index is 326. The maximum atomic E-state index is 5.61. The van der Waals surface area contributed by atoms with E-state index < -0.39 is 0 Å². The third-order valence-electron chi connectivity index (χ3n) is 3.76. The maximum Gasteiger partial charge on any atom is 0.0522 e. The molecule has 0 aromatic carbocycles. The van der Waals surface area contributed by atoms with Crippen LogP contribution in [0.1, 0.15) is 24.8 Å². The monoisotopic (exact) mass is 236 g/mol. The van der Waals surface area contributed by atoms with Crippen LogP contribution in [0, 0.1) is 5.92 Å². The summed E-state index contributed by atoms with van der Waals surface area (Å²) >= 11 is 0. The van der Waals surface area contributed by atoms with E-state index in [-0.39, 0.29) is 0 Å². The molecule has 0 amide bonds. The van der Waals surface area contributed by atoms with Crippen molar-refractivity contribution in [3.63, 3.8) is 0 Å². The molecule has 96 valence electrons. The molecule has 1 aromatic heterocycles. The summed E-state index contributed by atoms with van der Waals surface area (Å²) in [5.41, 5.74) is 6.95. The molecule has 0 radical (unpaired) electrons. The number of piperidine rings is 1. The highest BCUT2D eigenvalue weighted by Crippen LogP contribution is 2.19. The summed E-state index contributed by atoms with van der Waals surface area (Å²) in [5, 5.41) is 4.20. The zero-order valence-electron chi connectivity index (χ0n) is 10.8. The largest absolute Gasteiger partial charge is 0.330 e. The summed E-state index contributed by atoms with van der Waals surface area (Å²) in [7, 11) is 1.97. The highest BCUT2D eigenvalue weighted by Gasteiger charge is 2.18. The highest BCUT2D eigenvalue weighted by atomic mass is 15.2. The second-order valence-corrected chi connectivity index (χ2v) is 5.13. The van der Waals surface area contributed by atoms with Crippen LogP contribution in [0.25, 0.3) is 0 Å². The smallest absolute Gasteiger partial charge is 0.0522 e. The van der Waals surface area contributed by atoms with Crippen LogP contribution in [0.4, 0.5) is 0 Å². The first-order valence-corrected chi connectivity index (χ1v) is 6.68. The number of rotatable bonds is 5. The lowest BCUT2D eigenvalue weighted by Crippen LogP contribution is -2.35. The second kappa shape index (κ2) is 6.17. The van der Waals surface area contributed by atoms with Crippen molar-refractivity contribution >= 4 is 0 Å². The van der Waals surface area contributed by atoms with Gasteiger partial charge in [0.15, 0.2) is 0 Å². The summed E-state index contributed by atoms with van der Waals surface area (Å²) in [6, 6.07) is 0. The molecule has 2 rings (SSSR count). The SMILES string of the molecule is Cn1cc(CCN2CCC(CCN)CC2)cn1. The molecule has 1 saturated heterocycles. The molecule has 2 N–H and O–H groups in total. The quantitative estimate of drug-likeness (QED) is 0.830. The number of aromatic nitrogens is 2. The van der Waals surface area contributed by atoms with E-state index in [1.807, 2.05) is 17.9 Å². The van der Waals surface area contributed by atoms with Crippen LogP contribution in [0.5, 0.6) is 0 Å². The molecule has 0 bridgehead atoms. The minimum absolute atomic E-state index is 0.848. The number of likely N-dealkylation sites (tertiary alicyclic amines) is 1. The highest BCUT2D eigenvalue weighted by molar-refractivity contribution is 5.04. The normalized spacial score (nSPS) is 18.7. The summed E-state index contributed by atoms with van der Waals surface area (Å²) in [5.74, 6) is 0.870. The van der Waals surface area contributed by atoms with Gasteiger partial charge in [0.1, 0.15) is 0 Å².